The fraction of sp³-hybridized carbons (Fsp3) is 1.00. The number of rotatable bonds is 37. The Morgan fingerprint density at radius 1 is 0.195 bits per heavy atom. The van der Waals surface area contributed by atoms with E-state index in [1.54, 1.807) is 0 Å². The van der Waals surface area contributed by atoms with Crippen molar-refractivity contribution in [1.82, 2.24) is 0 Å². The van der Waals surface area contributed by atoms with Crippen LogP contribution in [0.25, 0.3) is 0 Å². The third-order valence-corrected chi connectivity index (χ3v) is 9.90. The van der Waals surface area contributed by atoms with Gasteiger partial charge in [0.25, 0.3) is 0 Å². The second-order valence-corrected chi connectivity index (χ2v) is 14.2. The van der Waals surface area contributed by atoms with E-state index in [1.165, 1.54) is 238 Å². The Balaban J connectivity index is 3.56. The molecule has 248 valence electrons. The van der Waals surface area contributed by atoms with Crippen molar-refractivity contribution in [3.05, 3.63) is 0 Å². The zero-order valence-electron chi connectivity index (χ0n) is 29.7. The van der Waals surface area contributed by atoms with Gasteiger partial charge in [-0.1, -0.05) is 258 Å². The smallest absolute Gasteiger partial charge is 0.0414 e. The highest BCUT2D eigenvalue weighted by Crippen LogP contribution is 2.25. The van der Waals surface area contributed by atoms with Gasteiger partial charge < -0.3 is 0 Å². The molecule has 0 fully saturated rings. The molecule has 0 aliphatic carbocycles. The molecule has 0 saturated carbocycles. The molecule has 0 aliphatic rings. The van der Waals surface area contributed by atoms with Crippen molar-refractivity contribution >= 4 is 0 Å². The minimum atomic E-state index is 1.04. The van der Waals surface area contributed by atoms with Crippen LogP contribution in [0.15, 0.2) is 0 Å². The lowest BCUT2D eigenvalue weighted by molar-refractivity contribution is 0.366. The first kappa shape index (κ1) is 41.0. The van der Waals surface area contributed by atoms with Gasteiger partial charge in [0, 0.05) is 0 Å². The molecule has 0 spiro atoms. The maximum atomic E-state index is 2.35. The third kappa shape index (κ3) is 36.1. The second kappa shape index (κ2) is 38.0. The summed E-state index contributed by atoms with van der Waals surface area (Å²) in [6.07, 6.45) is 54.8. The molecule has 0 saturated heterocycles. The molecule has 0 radical (unpaired) electrons. The molecule has 0 heterocycles. The molecular formula is C41H84. The van der Waals surface area contributed by atoms with Crippen LogP contribution in [0.2, 0.25) is 0 Å². The van der Waals surface area contributed by atoms with Crippen LogP contribution in [0.5, 0.6) is 0 Å². The Morgan fingerprint density at radius 2 is 0.341 bits per heavy atom. The van der Waals surface area contributed by atoms with E-state index in [1.807, 2.05) is 0 Å². The quantitative estimate of drug-likeness (QED) is 0.0645. The highest BCUT2D eigenvalue weighted by molar-refractivity contribution is 4.62. The van der Waals surface area contributed by atoms with E-state index in [9.17, 15) is 0 Å². The topological polar surface area (TPSA) is 0 Å². The molecule has 0 nitrogen and oxygen atoms in total. The van der Waals surface area contributed by atoms with Crippen LogP contribution in [-0.4, -0.2) is 0 Å². The van der Waals surface area contributed by atoms with Crippen LogP contribution in [0.3, 0.4) is 0 Å². The second-order valence-electron chi connectivity index (χ2n) is 14.2. The molecule has 0 bridgehead atoms. The first-order valence-corrected chi connectivity index (χ1v) is 20.3. The SMILES string of the molecule is CCCCCCCCCCCCCCCCCCCCCC(CCCCCC)CCCCCCCCCCCCC. The fourth-order valence-corrected chi connectivity index (χ4v) is 6.90. The molecule has 0 rings (SSSR count). The molecule has 0 aromatic heterocycles. The van der Waals surface area contributed by atoms with Crippen LogP contribution < -0.4 is 0 Å². The minimum Gasteiger partial charge on any atom is -0.0654 e. The Labute approximate surface area is 263 Å². The summed E-state index contributed by atoms with van der Waals surface area (Å²) in [6.45, 7) is 6.98. The molecule has 0 amide bonds. The van der Waals surface area contributed by atoms with Gasteiger partial charge in [0.2, 0.25) is 0 Å². The summed E-state index contributed by atoms with van der Waals surface area (Å²) in [4.78, 5) is 0. The average molecular weight is 577 g/mol. The summed E-state index contributed by atoms with van der Waals surface area (Å²) in [7, 11) is 0. The van der Waals surface area contributed by atoms with Gasteiger partial charge in [-0.05, 0) is 5.92 Å². The summed E-state index contributed by atoms with van der Waals surface area (Å²) in [6, 6.07) is 0. The lowest BCUT2D eigenvalue weighted by Gasteiger charge is -2.17. The van der Waals surface area contributed by atoms with E-state index < -0.39 is 0 Å². The van der Waals surface area contributed by atoms with Crippen molar-refractivity contribution in [3.63, 3.8) is 0 Å². The van der Waals surface area contributed by atoms with Crippen molar-refractivity contribution in [2.75, 3.05) is 0 Å². The van der Waals surface area contributed by atoms with Crippen LogP contribution in [-0.2, 0) is 0 Å². The van der Waals surface area contributed by atoms with Gasteiger partial charge >= 0.3 is 0 Å². The van der Waals surface area contributed by atoms with Crippen LogP contribution in [0.4, 0.5) is 0 Å². The predicted octanol–water partition coefficient (Wildman–Crippen LogP) is 16.1. The van der Waals surface area contributed by atoms with E-state index in [-0.39, 0.29) is 0 Å². The highest BCUT2D eigenvalue weighted by Gasteiger charge is 2.08. The predicted molar refractivity (Wildman–Crippen MR) is 191 cm³/mol. The zero-order valence-corrected chi connectivity index (χ0v) is 29.7. The molecule has 0 aromatic carbocycles. The van der Waals surface area contributed by atoms with Gasteiger partial charge in [-0.25, -0.2) is 0 Å². The van der Waals surface area contributed by atoms with Gasteiger partial charge in [0.15, 0.2) is 0 Å². The first-order chi connectivity index (χ1) is 20.3. The van der Waals surface area contributed by atoms with Crippen LogP contribution in [0.1, 0.15) is 258 Å². The Bertz CT molecular complexity index is 426. The van der Waals surface area contributed by atoms with E-state index in [0.29, 0.717) is 0 Å². The molecule has 0 N–H and O–H groups in total. The van der Waals surface area contributed by atoms with Crippen molar-refractivity contribution in [1.29, 1.82) is 0 Å². The minimum absolute atomic E-state index is 1.04. The normalized spacial score (nSPS) is 12.4. The summed E-state index contributed by atoms with van der Waals surface area (Å²) in [5, 5.41) is 0. The monoisotopic (exact) mass is 577 g/mol. The number of hydrogen-bond donors (Lipinski definition) is 0. The largest absolute Gasteiger partial charge is 0.0654 e. The molecule has 1 unspecified atom stereocenters. The van der Waals surface area contributed by atoms with Crippen molar-refractivity contribution in [3.8, 4) is 0 Å². The average Bonchev–Trinajstić information content (AvgIpc) is 2.98. The fourth-order valence-electron chi connectivity index (χ4n) is 6.90. The molecule has 41 heavy (non-hydrogen) atoms. The van der Waals surface area contributed by atoms with Gasteiger partial charge in [0.05, 0.1) is 0 Å². The van der Waals surface area contributed by atoms with Gasteiger partial charge in [0.1, 0.15) is 0 Å². The Morgan fingerprint density at radius 3 is 0.537 bits per heavy atom. The van der Waals surface area contributed by atoms with E-state index in [2.05, 4.69) is 20.8 Å². The lowest BCUT2D eigenvalue weighted by Crippen LogP contribution is -2.01. The summed E-state index contributed by atoms with van der Waals surface area (Å²) < 4.78 is 0. The van der Waals surface area contributed by atoms with E-state index >= 15 is 0 Å². The van der Waals surface area contributed by atoms with Crippen molar-refractivity contribution in [2.24, 2.45) is 5.92 Å². The Kier molecular flexibility index (Phi) is 38.0. The third-order valence-electron chi connectivity index (χ3n) is 9.90. The lowest BCUT2D eigenvalue weighted by atomic mass is 9.89. The highest BCUT2D eigenvalue weighted by atomic mass is 14.1. The summed E-state index contributed by atoms with van der Waals surface area (Å²) in [5.74, 6) is 1.04. The zero-order chi connectivity index (χ0) is 29.7. The summed E-state index contributed by atoms with van der Waals surface area (Å²) in [5.41, 5.74) is 0. The molecule has 0 aromatic rings. The van der Waals surface area contributed by atoms with Crippen molar-refractivity contribution < 1.29 is 0 Å². The van der Waals surface area contributed by atoms with Gasteiger partial charge in [-0.2, -0.15) is 0 Å². The van der Waals surface area contributed by atoms with E-state index in [4.69, 9.17) is 0 Å². The maximum Gasteiger partial charge on any atom is -0.0414 e. The molecular weight excluding hydrogens is 492 g/mol. The molecule has 0 aliphatic heterocycles. The summed E-state index contributed by atoms with van der Waals surface area (Å²) >= 11 is 0. The number of hydrogen-bond acceptors (Lipinski definition) is 0. The standard InChI is InChI=1S/C41H84/c1-4-7-10-13-15-17-19-20-21-22-23-24-25-26-28-30-32-34-37-40-41(38-35-12-9-6-3)39-36-33-31-29-27-18-16-14-11-8-5-2/h41H,4-40H2,1-3H3. The van der Waals surface area contributed by atoms with Gasteiger partial charge in [-0.3, -0.25) is 0 Å². The van der Waals surface area contributed by atoms with Gasteiger partial charge in [-0.15, -0.1) is 0 Å². The maximum absolute atomic E-state index is 2.35. The first-order valence-electron chi connectivity index (χ1n) is 20.3. The van der Waals surface area contributed by atoms with E-state index in [0.717, 1.165) is 5.92 Å². The molecule has 0 heteroatoms. The van der Waals surface area contributed by atoms with Crippen molar-refractivity contribution in [2.45, 2.75) is 258 Å². The molecule has 1 atom stereocenters. The van der Waals surface area contributed by atoms with Crippen LogP contribution >= 0.6 is 0 Å². The van der Waals surface area contributed by atoms with Crippen LogP contribution in [0, 0.1) is 5.92 Å². The number of unbranched alkanes of at least 4 members (excludes halogenated alkanes) is 31. The Hall–Kier alpha value is 0.